The Morgan fingerprint density at radius 3 is 2.47 bits per heavy atom. The number of allylic oxidation sites excluding steroid dienone is 2. The van der Waals surface area contributed by atoms with Gasteiger partial charge in [-0.25, -0.2) is 4.79 Å². The Kier molecular flexibility index (Phi) is 7.94. The summed E-state index contributed by atoms with van der Waals surface area (Å²) in [6.45, 7) is 2.02. The highest BCUT2D eigenvalue weighted by molar-refractivity contribution is 6.43. The second kappa shape index (κ2) is 11.8. The van der Waals surface area contributed by atoms with Crippen LogP contribution in [0.15, 0.2) is 77.9 Å². The lowest BCUT2D eigenvalue weighted by molar-refractivity contribution is -0.137. The van der Waals surface area contributed by atoms with E-state index in [4.69, 9.17) is 9.39 Å². The van der Waals surface area contributed by atoms with Crippen molar-refractivity contribution in [2.45, 2.75) is 45.0 Å². The Morgan fingerprint density at radius 1 is 1.02 bits per heavy atom. The number of rotatable bonds is 6. The zero-order valence-electron chi connectivity index (χ0n) is 24.2. The molecule has 3 aromatic carbocycles. The van der Waals surface area contributed by atoms with Crippen LogP contribution in [0.25, 0.3) is 22.4 Å². The van der Waals surface area contributed by atoms with Crippen molar-refractivity contribution in [3.8, 4) is 5.75 Å². The van der Waals surface area contributed by atoms with Gasteiger partial charge in [-0.15, -0.1) is 0 Å². The molecule has 0 unspecified atom stereocenters. The van der Waals surface area contributed by atoms with Crippen molar-refractivity contribution in [1.82, 2.24) is 4.90 Å². The smallest absolute Gasteiger partial charge is 0.455 e. The largest absolute Gasteiger partial charge is 0.507 e. The van der Waals surface area contributed by atoms with Gasteiger partial charge < -0.3 is 19.5 Å². The summed E-state index contributed by atoms with van der Waals surface area (Å²) in [5.74, 6) is -2.64. The van der Waals surface area contributed by atoms with Crippen molar-refractivity contribution < 1.29 is 33.9 Å². The minimum absolute atomic E-state index is 0.186. The highest BCUT2D eigenvalue weighted by atomic mass is 16.5. The second-order valence-electron chi connectivity index (χ2n) is 11.4. The van der Waals surface area contributed by atoms with E-state index < -0.39 is 48.9 Å². The number of phenolic OH excluding ortho intramolecular Hbond substituents is 1. The van der Waals surface area contributed by atoms with Gasteiger partial charge in [0.15, 0.2) is 0 Å². The zero-order valence-corrected chi connectivity index (χ0v) is 24.2. The Hall–Kier alpha value is -4.21. The number of methoxy groups -OCH3 is 1. The number of carbonyl (C=O) groups excluding carboxylic acids is 3. The average molecular weight is 579 g/mol. The van der Waals surface area contributed by atoms with Crippen molar-refractivity contribution in [3.05, 3.63) is 89.0 Å². The Balaban J connectivity index is 1.35. The minimum atomic E-state index is -1.10. The number of phenols is 1. The van der Waals surface area contributed by atoms with Crippen LogP contribution in [-0.2, 0) is 19.0 Å². The molecule has 0 bridgehead atoms. The molecule has 0 radical (unpaired) electrons. The molecule has 2 aliphatic heterocycles. The van der Waals surface area contributed by atoms with E-state index in [0.29, 0.717) is 30.6 Å². The van der Waals surface area contributed by atoms with Crippen LogP contribution in [-0.4, -0.2) is 53.3 Å². The first-order valence-electron chi connectivity index (χ1n) is 14.8. The molecule has 3 aromatic rings. The minimum Gasteiger partial charge on any atom is -0.507 e. The Labute approximate surface area is 250 Å². The van der Waals surface area contributed by atoms with E-state index in [-0.39, 0.29) is 12.1 Å². The van der Waals surface area contributed by atoms with E-state index in [1.807, 2.05) is 55.5 Å². The third-order valence-electron chi connectivity index (χ3n) is 9.18. The van der Waals surface area contributed by atoms with Crippen LogP contribution < -0.4 is 0 Å². The maximum absolute atomic E-state index is 13.4. The van der Waals surface area contributed by atoms with Crippen LogP contribution in [0.1, 0.15) is 43.7 Å². The molecule has 3 amide bonds. The standard InChI is InChI=1S/C34H34BNO7/c1-3-20-18-26-31(33(39)36(32(26)38)34(40)42-2)27-19-35(41)43-29(30(20)27)16-14-22(21-9-5-4-6-10-21)17-23-13-15-28(37)25-12-8-7-11-24(23)25/h4-13,15,17,26-27,29,31,37,41H,3,14,16,18-19H2,1-2H3/b22-17-/t26-,27+,29-,31-/m1/s1. The maximum atomic E-state index is 13.4. The summed E-state index contributed by atoms with van der Waals surface area (Å²) in [4.78, 5) is 39.6. The average Bonchev–Trinajstić information content (AvgIpc) is 3.28. The number of aromatic hydroxyl groups is 1. The van der Waals surface area contributed by atoms with E-state index in [1.165, 1.54) is 0 Å². The summed E-state index contributed by atoms with van der Waals surface area (Å²) in [6, 6.07) is 21.4. The molecule has 0 spiro atoms. The molecule has 2 heterocycles. The molecule has 8 nitrogen and oxygen atoms in total. The molecule has 3 aliphatic rings. The van der Waals surface area contributed by atoms with Crippen molar-refractivity contribution in [2.75, 3.05) is 7.11 Å². The van der Waals surface area contributed by atoms with Crippen molar-refractivity contribution in [1.29, 1.82) is 0 Å². The molecule has 2 N–H and O–H groups in total. The van der Waals surface area contributed by atoms with Crippen LogP contribution in [0.3, 0.4) is 0 Å². The van der Waals surface area contributed by atoms with Gasteiger partial charge in [0.1, 0.15) is 5.75 Å². The van der Waals surface area contributed by atoms with Gasteiger partial charge in [-0.2, -0.15) is 4.90 Å². The van der Waals surface area contributed by atoms with E-state index in [0.717, 1.165) is 45.7 Å². The van der Waals surface area contributed by atoms with Gasteiger partial charge in [0.05, 0.1) is 25.0 Å². The monoisotopic (exact) mass is 579 g/mol. The van der Waals surface area contributed by atoms with Gasteiger partial charge in [-0.05, 0) is 71.6 Å². The lowest BCUT2D eigenvalue weighted by Crippen LogP contribution is -2.46. The summed E-state index contributed by atoms with van der Waals surface area (Å²) < 4.78 is 10.9. The normalized spacial score (nSPS) is 23.9. The molecule has 2 fully saturated rings. The van der Waals surface area contributed by atoms with Crippen molar-refractivity contribution in [2.24, 2.45) is 17.8 Å². The van der Waals surface area contributed by atoms with Crippen LogP contribution in [0.2, 0.25) is 6.32 Å². The zero-order chi connectivity index (χ0) is 30.2. The highest BCUT2D eigenvalue weighted by Crippen LogP contribution is 2.51. The fraction of sp³-hybridized carbons (Fsp3) is 0.324. The molecule has 0 saturated carbocycles. The number of nitrogens with zero attached hydrogens (tertiary/aromatic N) is 1. The number of carbonyl (C=O) groups is 3. The molecule has 6 rings (SSSR count). The highest BCUT2D eigenvalue weighted by Gasteiger charge is 2.59. The van der Waals surface area contributed by atoms with Gasteiger partial charge in [0.2, 0.25) is 11.8 Å². The Bertz CT molecular complexity index is 1650. The second-order valence-corrected chi connectivity index (χ2v) is 11.4. The van der Waals surface area contributed by atoms with Gasteiger partial charge in [0, 0.05) is 5.39 Å². The number of hydrogen-bond acceptors (Lipinski definition) is 7. The molecule has 1 aliphatic carbocycles. The number of fused-ring (bicyclic) bond motifs is 4. The van der Waals surface area contributed by atoms with Crippen LogP contribution in [0.4, 0.5) is 4.79 Å². The van der Waals surface area contributed by atoms with Crippen LogP contribution in [0, 0.1) is 17.8 Å². The number of benzene rings is 3. The number of amides is 3. The third kappa shape index (κ3) is 5.17. The Morgan fingerprint density at radius 2 is 1.74 bits per heavy atom. The van der Waals surface area contributed by atoms with Gasteiger partial charge in [0.25, 0.3) is 0 Å². The van der Waals surface area contributed by atoms with Crippen molar-refractivity contribution >= 4 is 47.4 Å². The van der Waals surface area contributed by atoms with Crippen LogP contribution >= 0.6 is 0 Å². The first-order chi connectivity index (χ1) is 20.8. The maximum Gasteiger partial charge on any atom is 0.455 e. The quantitative estimate of drug-likeness (QED) is 0.163. The molecule has 9 heteroatoms. The number of likely N-dealkylation sites (tertiary alicyclic amines) is 1. The summed E-state index contributed by atoms with van der Waals surface area (Å²) in [6.07, 6.45) is 3.10. The molecule has 2 saturated heterocycles. The van der Waals surface area contributed by atoms with E-state index in [1.54, 1.807) is 6.07 Å². The summed E-state index contributed by atoms with van der Waals surface area (Å²) >= 11 is 0. The summed E-state index contributed by atoms with van der Waals surface area (Å²) in [5.41, 5.74) is 5.11. The molecule has 4 atom stereocenters. The molecular formula is C34H34BNO7. The van der Waals surface area contributed by atoms with Crippen LogP contribution in [0.5, 0.6) is 5.75 Å². The molecular weight excluding hydrogens is 545 g/mol. The molecule has 43 heavy (non-hydrogen) atoms. The summed E-state index contributed by atoms with van der Waals surface area (Å²) in [5, 5.41) is 23.0. The third-order valence-corrected chi connectivity index (χ3v) is 9.18. The van der Waals surface area contributed by atoms with Gasteiger partial charge in [-0.3, -0.25) is 9.59 Å². The fourth-order valence-electron chi connectivity index (χ4n) is 7.23. The number of ether oxygens (including phenoxy) is 1. The lowest BCUT2D eigenvalue weighted by atomic mass is 9.58. The van der Waals surface area contributed by atoms with E-state index >= 15 is 0 Å². The first-order valence-corrected chi connectivity index (χ1v) is 14.8. The van der Waals surface area contributed by atoms with E-state index in [2.05, 4.69) is 18.2 Å². The lowest BCUT2D eigenvalue weighted by Gasteiger charge is -2.43. The summed E-state index contributed by atoms with van der Waals surface area (Å²) in [7, 11) is 0.0508. The fourth-order valence-corrected chi connectivity index (χ4v) is 7.23. The predicted octanol–water partition coefficient (Wildman–Crippen LogP) is 5.84. The predicted molar refractivity (Wildman–Crippen MR) is 163 cm³/mol. The van der Waals surface area contributed by atoms with Crippen molar-refractivity contribution in [3.63, 3.8) is 0 Å². The molecule has 220 valence electrons. The number of hydrogen-bond donors (Lipinski definition) is 2. The van der Waals surface area contributed by atoms with E-state index in [9.17, 15) is 24.5 Å². The molecule has 0 aromatic heterocycles. The first kappa shape index (κ1) is 28.9. The van der Waals surface area contributed by atoms with Gasteiger partial charge in [-0.1, -0.05) is 79.2 Å². The number of imide groups is 3. The van der Waals surface area contributed by atoms with Gasteiger partial charge >= 0.3 is 13.2 Å². The SMILES string of the molecule is CCC1=C2[C@@H](CC/C(=C/c3ccc(O)c4ccccc34)c3ccccc3)OB(O)C[C@@H]2[C@@H]2C(=O)N(C(=O)OC)C(=O)[C@@H]2C1. The topological polar surface area (TPSA) is 113 Å².